The van der Waals surface area contributed by atoms with Crippen molar-refractivity contribution in [2.75, 3.05) is 11.4 Å². The predicted molar refractivity (Wildman–Crippen MR) is 75.8 cm³/mol. The minimum Gasteiger partial charge on any atom is -0.369 e. The van der Waals surface area contributed by atoms with Crippen LogP contribution in [0.2, 0.25) is 0 Å². The summed E-state index contributed by atoms with van der Waals surface area (Å²) in [5, 5.41) is 0. The summed E-state index contributed by atoms with van der Waals surface area (Å²) in [5.41, 5.74) is 4.19. The van der Waals surface area contributed by atoms with E-state index in [0.29, 0.717) is 0 Å². The molecule has 17 heavy (non-hydrogen) atoms. The lowest BCUT2D eigenvalue weighted by Gasteiger charge is -2.35. The van der Waals surface area contributed by atoms with Gasteiger partial charge in [-0.15, -0.1) is 0 Å². The standard InChI is InChI=1S/C16H25N/c1-4-17(15-8-6-5-7-9-15)16-11-13(2)10-14(3)12-16/h10-12,15H,4-9H2,1-3H3. The van der Waals surface area contributed by atoms with Gasteiger partial charge in [0.2, 0.25) is 0 Å². The molecule has 0 aliphatic heterocycles. The molecule has 1 aromatic carbocycles. The lowest BCUT2D eigenvalue weighted by Crippen LogP contribution is -2.36. The minimum absolute atomic E-state index is 0.773. The highest BCUT2D eigenvalue weighted by Gasteiger charge is 2.20. The number of benzene rings is 1. The Morgan fingerprint density at radius 1 is 1.00 bits per heavy atom. The van der Waals surface area contributed by atoms with Crippen molar-refractivity contribution in [1.29, 1.82) is 0 Å². The molecule has 2 rings (SSSR count). The molecule has 0 atom stereocenters. The molecule has 0 saturated heterocycles. The SMILES string of the molecule is CCN(c1cc(C)cc(C)c1)C1CCCCC1. The topological polar surface area (TPSA) is 3.24 Å². The van der Waals surface area contributed by atoms with Crippen LogP contribution in [0.3, 0.4) is 0 Å². The van der Waals surface area contributed by atoms with E-state index in [-0.39, 0.29) is 0 Å². The van der Waals surface area contributed by atoms with Crippen molar-refractivity contribution in [2.45, 2.75) is 58.9 Å². The van der Waals surface area contributed by atoms with Gasteiger partial charge >= 0.3 is 0 Å². The van der Waals surface area contributed by atoms with E-state index in [1.807, 2.05) is 0 Å². The Balaban J connectivity index is 2.21. The first-order valence-electron chi connectivity index (χ1n) is 7.05. The molecule has 0 spiro atoms. The molecular weight excluding hydrogens is 206 g/mol. The molecule has 1 nitrogen and oxygen atoms in total. The highest BCUT2D eigenvalue weighted by Crippen LogP contribution is 2.28. The van der Waals surface area contributed by atoms with Gasteiger partial charge in [0, 0.05) is 18.3 Å². The molecule has 1 aliphatic rings. The molecule has 0 unspecified atom stereocenters. The van der Waals surface area contributed by atoms with Crippen LogP contribution in [-0.4, -0.2) is 12.6 Å². The lowest BCUT2D eigenvalue weighted by molar-refractivity contribution is 0.418. The molecule has 1 saturated carbocycles. The van der Waals surface area contributed by atoms with Gasteiger partial charge in [0.05, 0.1) is 0 Å². The first-order valence-corrected chi connectivity index (χ1v) is 7.05. The van der Waals surface area contributed by atoms with E-state index in [2.05, 4.69) is 43.9 Å². The van der Waals surface area contributed by atoms with E-state index in [9.17, 15) is 0 Å². The molecule has 0 amide bonds. The Morgan fingerprint density at radius 2 is 1.59 bits per heavy atom. The Hall–Kier alpha value is -0.980. The Morgan fingerprint density at radius 3 is 2.12 bits per heavy atom. The number of rotatable bonds is 3. The maximum absolute atomic E-state index is 2.61. The van der Waals surface area contributed by atoms with Gasteiger partial charge in [0.15, 0.2) is 0 Å². The summed E-state index contributed by atoms with van der Waals surface area (Å²) in [6, 6.07) is 7.71. The lowest BCUT2D eigenvalue weighted by atomic mass is 9.93. The highest BCUT2D eigenvalue weighted by atomic mass is 15.2. The zero-order valence-electron chi connectivity index (χ0n) is 11.5. The smallest absolute Gasteiger partial charge is 0.0373 e. The first-order chi connectivity index (χ1) is 8.20. The third kappa shape index (κ3) is 3.02. The Kier molecular flexibility index (Phi) is 4.09. The van der Waals surface area contributed by atoms with Crippen LogP contribution >= 0.6 is 0 Å². The van der Waals surface area contributed by atoms with Crippen molar-refractivity contribution < 1.29 is 0 Å². The Bertz CT molecular complexity index is 344. The van der Waals surface area contributed by atoms with Crippen LogP contribution in [0, 0.1) is 13.8 Å². The summed E-state index contributed by atoms with van der Waals surface area (Å²) in [7, 11) is 0. The second-order valence-electron chi connectivity index (χ2n) is 5.42. The monoisotopic (exact) mass is 231 g/mol. The Labute approximate surface area is 106 Å². The van der Waals surface area contributed by atoms with E-state index in [1.165, 1.54) is 48.9 Å². The van der Waals surface area contributed by atoms with E-state index >= 15 is 0 Å². The summed E-state index contributed by atoms with van der Waals surface area (Å²) in [5.74, 6) is 0. The van der Waals surface area contributed by atoms with Crippen molar-refractivity contribution in [3.05, 3.63) is 29.3 Å². The average molecular weight is 231 g/mol. The van der Waals surface area contributed by atoms with Gasteiger partial charge in [-0.25, -0.2) is 0 Å². The van der Waals surface area contributed by atoms with Crippen LogP contribution in [0.1, 0.15) is 50.2 Å². The molecule has 1 aromatic rings. The normalized spacial score (nSPS) is 17.1. The fourth-order valence-electron chi connectivity index (χ4n) is 3.16. The van der Waals surface area contributed by atoms with Gasteiger partial charge in [-0.2, -0.15) is 0 Å². The van der Waals surface area contributed by atoms with Gasteiger partial charge in [-0.05, 0) is 56.9 Å². The summed E-state index contributed by atoms with van der Waals surface area (Å²) in [6.07, 6.45) is 7.00. The van der Waals surface area contributed by atoms with Crippen molar-refractivity contribution in [1.82, 2.24) is 0 Å². The van der Waals surface area contributed by atoms with Gasteiger partial charge in [-0.3, -0.25) is 0 Å². The average Bonchev–Trinajstić information content (AvgIpc) is 2.30. The second kappa shape index (κ2) is 5.57. The molecular formula is C16H25N. The zero-order valence-corrected chi connectivity index (χ0v) is 11.5. The molecule has 0 N–H and O–H groups in total. The van der Waals surface area contributed by atoms with E-state index in [1.54, 1.807) is 0 Å². The predicted octanol–water partition coefficient (Wildman–Crippen LogP) is 4.46. The minimum atomic E-state index is 0.773. The van der Waals surface area contributed by atoms with E-state index < -0.39 is 0 Å². The zero-order chi connectivity index (χ0) is 12.3. The van der Waals surface area contributed by atoms with Crippen LogP contribution in [0.25, 0.3) is 0 Å². The number of hydrogen-bond donors (Lipinski definition) is 0. The largest absolute Gasteiger partial charge is 0.369 e. The van der Waals surface area contributed by atoms with Gasteiger partial charge in [0.1, 0.15) is 0 Å². The third-order valence-electron chi connectivity index (χ3n) is 3.89. The fraction of sp³-hybridized carbons (Fsp3) is 0.625. The summed E-state index contributed by atoms with van der Waals surface area (Å²) in [6.45, 7) is 7.82. The van der Waals surface area contributed by atoms with E-state index in [4.69, 9.17) is 0 Å². The number of aryl methyl sites for hydroxylation is 2. The first kappa shape index (κ1) is 12.5. The quantitative estimate of drug-likeness (QED) is 0.742. The molecule has 0 aromatic heterocycles. The highest BCUT2D eigenvalue weighted by molar-refractivity contribution is 5.51. The molecule has 0 bridgehead atoms. The van der Waals surface area contributed by atoms with Crippen molar-refractivity contribution in [2.24, 2.45) is 0 Å². The van der Waals surface area contributed by atoms with Crippen molar-refractivity contribution in [3.8, 4) is 0 Å². The molecule has 94 valence electrons. The fourth-order valence-corrected chi connectivity index (χ4v) is 3.16. The van der Waals surface area contributed by atoms with Gasteiger partial charge < -0.3 is 4.90 Å². The summed E-state index contributed by atoms with van der Waals surface area (Å²) < 4.78 is 0. The second-order valence-corrected chi connectivity index (χ2v) is 5.42. The van der Waals surface area contributed by atoms with Gasteiger partial charge in [0.25, 0.3) is 0 Å². The summed E-state index contributed by atoms with van der Waals surface area (Å²) >= 11 is 0. The maximum atomic E-state index is 2.61. The molecule has 1 fully saturated rings. The number of anilines is 1. The molecule has 1 aliphatic carbocycles. The maximum Gasteiger partial charge on any atom is 0.0373 e. The van der Waals surface area contributed by atoms with Crippen LogP contribution in [0.4, 0.5) is 5.69 Å². The number of hydrogen-bond acceptors (Lipinski definition) is 1. The third-order valence-corrected chi connectivity index (χ3v) is 3.89. The molecule has 0 radical (unpaired) electrons. The van der Waals surface area contributed by atoms with Crippen LogP contribution in [-0.2, 0) is 0 Å². The van der Waals surface area contributed by atoms with Crippen LogP contribution in [0.15, 0.2) is 18.2 Å². The van der Waals surface area contributed by atoms with E-state index in [0.717, 1.165) is 12.6 Å². The van der Waals surface area contributed by atoms with Crippen molar-refractivity contribution in [3.63, 3.8) is 0 Å². The number of nitrogens with zero attached hydrogens (tertiary/aromatic N) is 1. The van der Waals surface area contributed by atoms with Crippen LogP contribution < -0.4 is 4.90 Å². The van der Waals surface area contributed by atoms with Gasteiger partial charge in [-0.1, -0.05) is 25.3 Å². The van der Waals surface area contributed by atoms with Crippen molar-refractivity contribution >= 4 is 5.69 Å². The molecule has 0 heterocycles. The summed E-state index contributed by atoms with van der Waals surface area (Å²) in [4.78, 5) is 2.61. The van der Waals surface area contributed by atoms with Crippen LogP contribution in [0.5, 0.6) is 0 Å². The molecule has 1 heteroatoms.